The van der Waals surface area contributed by atoms with Crippen LogP contribution in [-0.2, 0) is 6.61 Å². The van der Waals surface area contributed by atoms with E-state index in [4.69, 9.17) is 33.7 Å². The molecule has 2 rings (SSSR count). The summed E-state index contributed by atoms with van der Waals surface area (Å²) >= 11 is 12.2. The summed E-state index contributed by atoms with van der Waals surface area (Å²) in [7, 11) is 0. The van der Waals surface area contributed by atoms with Gasteiger partial charge in [0.2, 0.25) is 0 Å². The third-order valence-electron chi connectivity index (χ3n) is 2.84. The second kappa shape index (κ2) is 6.29. The number of rotatable bonds is 4. The zero-order valence-corrected chi connectivity index (χ0v) is 12.1. The first-order valence-corrected chi connectivity index (χ1v) is 6.75. The zero-order chi connectivity index (χ0) is 13.8. The first kappa shape index (κ1) is 14.2. The summed E-state index contributed by atoms with van der Waals surface area (Å²) in [4.78, 5) is 0. The maximum atomic E-state index is 6.11. The van der Waals surface area contributed by atoms with E-state index < -0.39 is 0 Å². The third kappa shape index (κ3) is 3.41. The quantitative estimate of drug-likeness (QED) is 0.895. The van der Waals surface area contributed by atoms with Gasteiger partial charge in [-0.3, -0.25) is 0 Å². The van der Waals surface area contributed by atoms with E-state index in [9.17, 15) is 0 Å². The van der Waals surface area contributed by atoms with Crippen LogP contribution in [0.3, 0.4) is 0 Å². The van der Waals surface area contributed by atoms with E-state index in [-0.39, 0.29) is 6.04 Å². The van der Waals surface area contributed by atoms with Gasteiger partial charge in [-0.1, -0.05) is 47.5 Å². The zero-order valence-electron chi connectivity index (χ0n) is 10.6. The maximum absolute atomic E-state index is 6.11. The Morgan fingerprint density at radius 1 is 1.05 bits per heavy atom. The van der Waals surface area contributed by atoms with Crippen molar-refractivity contribution in [2.24, 2.45) is 5.73 Å². The van der Waals surface area contributed by atoms with E-state index in [0.717, 1.165) is 16.9 Å². The van der Waals surface area contributed by atoms with Crippen LogP contribution in [0.2, 0.25) is 10.0 Å². The molecule has 2 aromatic rings. The number of hydrogen-bond acceptors (Lipinski definition) is 2. The summed E-state index contributed by atoms with van der Waals surface area (Å²) in [6, 6.07) is 13.0. The molecule has 0 saturated heterocycles. The van der Waals surface area contributed by atoms with Crippen LogP contribution < -0.4 is 10.5 Å². The lowest BCUT2D eigenvalue weighted by Gasteiger charge is -2.15. The lowest BCUT2D eigenvalue weighted by molar-refractivity contribution is 0.301. The molecule has 0 aliphatic heterocycles. The normalized spacial score (nSPS) is 12.2. The first-order chi connectivity index (χ1) is 9.09. The molecule has 19 heavy (non-hydrogen) atoms. The molecule has 2 aromatic carbocycles. The van der Waals surface area contributed by atoms with Gasteiger partial charge in [0.05, 0.1) is 0 Å². The van der Waals surface area contributed by atoms with Crippen molar-refractivity contribution in [2.75, 3.05) is 0 Å². The van der Waals surface area contributed by atoms with E-state index in [2.05, 4.69) is 0 Å². The standard InChI is InChI=1S/C15H15Cl2NO/c1-10(18)11-5-2-3-8-15(11)19-9-12-13(16)6-4-7-14(12)17/h2-8,10H,9,18H2,1H3/t10-/m0/s1. The number of halogens is 2. The number of para-hydroxylation sites is 1. The van der Waals surface area contributed by atoms with Crippen molar-refractivity contribution >= 4 is 23.2 Å². The van der Waals surface area contributed by atoms with Crippen LogP contribution in [-0.4, -0.2) is 0 Å². The second-order valence-corrected chi connectivity index (χ2v) is 5.13. The van der Waals surface area contributed by atoms with E-state index in [0.29, 0.717) is 16.7 Å². The van der Waals surface area contributed by atoms with Crippen molar-refractivity contribution in [2.45, 2.75) is 19.6 Å². The van der Waals surface area contributed by atoms with Crippen LogP contribution >= 0.6 is 23.2 Å². The molecule has 0 unspecified atom stereocenters. The summed E-state index contributed by atoms with van der Waals surface area (Å²) in [5.41, 5.74) is 7.66. The number of nitrogens with two attached hydrogens (primary N) is 1. The average Bonchev–Trinajstić information content (AvgIpc) is 2.38. The first-order valence-electron chi connectivity index (χ1n) is 6.00. The Balaban J connectivity index is 2.19. The van der Waals surface area contributed by atoms with Crippen molar-refractivity contribution in [3.8, 4) is 5.75 Å². The fourth-order valence-electron chi connectivity index (χ4n) is 1.81. The Labute approximate surface area is 123 Å². The predicted octanol–water partition coefficient (Wildman–Crippen LogP) is 4.59. The summed E-state index contributed by atoms with van der Waals surface area (Å²) in [6.07, 6.45) is 0. The minimum absolute atomic E-state index is 0.0853. The van der Waals surface area contributed by atoms with Crippen LogP contribution in [0, 0.1) is 0 Å². The smallest absolute Gasteiger partial charge is 0.124 e. The molecule has 0 aromatic heterocycles. The van der Waals surface area contributed by atoms with Crippen molar-refractivity contribution in [3.63, 3.8) is 0 Å². The van der Waals surface area contributed by atoms with Gasteiger partial charge in [0.1, 0.15) is 12.4 Å². The average molecular weight is 296 g/mol. The molecule has 0 fully saturated rings. The third-order valence-corrected chi connectivity index (χ3v) is 3.55. The monoisotopic (exact) mass is 295 g/mol. The highest BCUT2D eigenvalue weighted by Gasteiger charge is 2.10. The van der Waals surface area contributed by atoms with E-state index >= 15 is 0 Å². The Hall–Kier alpha value is -1.22. The van der Waals surface area contributed by atoms with Gasteiger partial charge >= 0.3 is 0 Å². The van der Waals surface area contributed by atoms with Gasteiger partial charge in [-0.2, -0.15) is 0 Å². The molecule has 0 amide bonds. The number of hydrogen-bond donors (Lipinski definition) is 1. The summed E-state index contributed by atoms with van der Waals surface area (Å²) < 4.78 is 5.80. The Bertz CT molecular complexity index is 550. The Morgan fingerprint density at radius 2 is 1.68 bits per heavy atom. The fourth-order valence-corrected chi connectivity index (χ4v) is 2.31. The van der Waals surface area contributed by atoms with Crippen LogP contribution in [0.15, 0.2) is 42.5 Å². The molecule has 100 valence electrons. The molecule has 4 heteroatoms. The highest BCUT2D eigenvalue weighted by Crippen LogP contribution is 2.28. The molecular weight excluding hydrogens is 281 g/mol. The van der Waals surface area contributed by atoms with Crippen molar-refractivity contribution in [1.29, 1.82) is 0 Å². The molecule has 0 spiro atoms. The van der Waals surface area contributed by atoms with E-state index in [1.165, 1.54) is 0 Å². The highest BCUT2D eigenvalue weighted by atomic mass is 35.5. The van der Waals surface area contributed by atoms with Crippen molar-refractivity contribution in [3.05, 3.63) is 63.6 Å². The van der Waals surface area contributed by atoms with Gasteiger partial charge in [0, 0.05) is 27.2 Å². The minimum Gasteiger partial charge on any atom is -0.488 e. The fraction of sp³-hybridized carbons (Fsp3) is 0.200. The molecule has 0 bridgehead atoms. The molecule has 1 atom stereocenters. The van der Waals surface area contributed by atoms with E-state index in [1.54, 1.807) is 12.1 Å². The van der Waals surface area contributed by atoms with Crippen molar-refractivity contribution < 1.29 is 4.74 Å². The number of benzene rings is 2. The molecule has 0 radical (unpaired) electrons. The SMILES string of the molecule is C[C@H](N)c1ccccc1OCc1c(Cl)cccc1Cl. The maximum Gasteiger partial charge on any atom is 0.124 e. The van der Waals surface area contributed by atoms with Gasteiger partial charge in [-0.15, -0.1) is 0 Å². The Kier molecular flexibility index (Phi) is 4.70. The summed E-state index contributed by atoms with van der Waals surface area (Å²) in [6.45, 7) is 2.24. The van der Waals surface area contributed by atoms with Gasteiger partial charge in [0.15, 0.2) is 0 Å². The lowest BCUT2D eigenvalue weighted by Crippen LogP contribution is -2.08. The molecule has 0 aliphatic carbocycles. The van der Waals surface area contributed by atoms with Gasteiger partial charge in [0.25, 0.3) is 0 Å². The lowest BCUT2D eigenvalue weighted by atomic mass is 10.1. The van der Waals surface area contributed by atoms with Crippen LogP contribution in [0.25, 0.3) is 0 Å². The molecule has 0 heterocycles. The topological polar surface area (TPSA) is 35.2 Å². The Morgan fingerprint density at radius 3 is 2.32 bits per heavy atom. The van der Waals surface area contributed by atoms with Gasteiger partial charge < -0.3 is 10.5 Å². The molecule has 2 nitrogen and oxygen atoms in total. The van der Waals surface area contributed by atoms with Crippen LogP contribution in [0.4, 0.5) is 0 Å². The summed E-state index contributed by atoms with van der Waals surface area (Å²) in [5, 5.41) is 1.21. The molecular formula is C15H15Cl2NO. The van der Waals surface area contributed by atoms with Gasteiger partial charge in [-0.25, -0.2) is 0 Å². The predicted molar refractivity (Wildman–Crippen MR) is 79.8 cm³/mol. The largest absolute Gasteiger partial charge is 0.488 e. The summed E-state index contributed by atoms with van der Waals surface area (Å²) in [5.74, 6) is 0.758. The second-order valence-electron chi connectivity index (χ2n) is 4.32. The van der Waals surface area contributed by atoms with Crippen LogP contribution in [0.1, 0.15) is 24.1 Å². The van der Waals surface area contributed by atoms with Crippen molar-refractivity contribution in [1.82, 2.24) is 0 Å². The molecule has 0 saturated carbocycles. The highest BCUT2D eigenvalue weighted by molar-refractivity contribution is 6.35. The molecule has 0 aliphatic rings. The van der Waals surface area contributed by atoms with E-state index in [1.807, 2.05) is 37.3 Å². The minimum atomic E-state index is -0.0853. The molecule has 2 N–H and O–H groups in total. The number of ether oxygens (including phenoxy) is 1. The van der Waals surface area contributed by atoms with Crippen LogP contribution in [0.5, 0.6) is 5.75 Å². The van der Waals surface area contributed by atoms with Gasteiger partial charge in [-0.05, 0) is 25.1 Å².